The molecule has 0 N–H and O–H groups in total. The van der Waals surface area contributed by atoms with E-state index < -0.39 is 0 Å². The molecule has 1 nitrogen and oxygen atoms in total. The molecule has 12 heavy (non-hydrogen) atoms. The average molecular weight is 227 g/mol. The van der Waals surface area contributed by atoms with Crippen molar-refractivity contribution < 1.29 is 4.79 Å². The van der Waals surface area contributed by atoms with Crippen molar-refractivity contribution in [1.29, 1.82) is 0 Å². The van der Waals surface area contributed by atoms with E-state index in [-0.39, 0.29) is 5.78 Å². The van der Waals surface area contributed by atoms with Gasteiger partial charge in [0.25, 0.3) is 0 Å². The van der Waals surface area contributed by atoms with E-state index >= 15 is 0 Å². The van der Waals surface area contributed by atoms with Crippen LogP contribution in [0.5, 0.6) is 0 Å². The molecule has 0 unspecified atom stereocenters. The van der Waals surface area contributed by atoms with Gasteiger partial charge in [0.1, 0.15) is 0 Å². The normalized spacial score (nSPS) is 10.0. The zero-order chi connectivity index (χ0) is 9.30. The molecule has 2 heteroatoms. The van der Waals surface area contributed by atoms with Crippen molar-refractivity contribution in [1.82, 2.24) is 0 Å². The van der Waals surface area contributed by atoms with Gasteiger partial charge in [0.2, 0.25) is 0 Å². The number of hydrogen-bond acceptors (Lipinski definition) is 1. The number of rotatable bonds is 1. The van der Waals surface area contributed by atoms with Gasteiger partial charge in [-0.1, -0.05) is 12.1 Å². The van der Waals surface area contributed by atoms with Gasteiger partial charge in [-0.05, 0) is 47.8 Å². The zero-order valence-corrected chi connectivity index (χ0v) is 9.03. The Hall–Kier alpha value is -0.630. The smallest absolute Gasteiger partial charge is 0.161 e. The van der Waals surface area contributed by atoms with Crippen LogP contribution in [0.2, 0.25) is 0 Å². The maximum absolute atomic E-state index is 11.2. The van der Waals surface area contributed by atoms with Crippen molar-refractivity contribution >= 4 is 21.7 Å². The monoisotopic (exact) mass is 226 g/mol. The Labute approximate surface area is 80.9 Å². The van der Waals surface area contributed by atoms with Crippen molar-refractivity contribution in [3.8, 4) is 0 Å². The first-order chi connectivity index (χ1) is 5.54. The maximum Gasteiger partial charge on any atom is 0.161 e. The highest BCUT2D eigenvalue weighted by Gasteiger charge is 2.09. The van der Waals surface area contributed by atoms with E-state index in [1.165, 1.54) is 0 Å². The summed E-state index contributed by atoms with van der Waals surface area (Å²) in [5, 5.41) is 0. The highest BCUT2D eigenvalue weighted by molar-refractivity contribution is 9.10. The lowest BCUT2D eigenvalue weighted by Gasteiger charge is -2.06. The molecule has 0 bridgehead atoms. The minimum Gasteiger partial charge on any atom is -0.294 e. The van der Waals surface area contributed by atoms with Crippen LogP contribution >= 0.6 is 15.9 Å². The van der Waals surface area contributed by atoms with Crippen LogP contribution in [0.25, 0.3) is 0 Å². The van der Waals surface area contributed by atoms with Gasteiger partial charge < -0.3 is 0 Å². The molecule has 0 atom stereocenters. The summed E-state index contributed by atoms with van der Waals surface area (Å²) in [5.74, 6) is 0.114. The van der Waals surface area contributed by atoms with Crippen LogP contribution in [-0.2, 0) is 0 Å². The summed E-state index contributed by atoms with van der Waals surface area (Å²) in [4.78, 5) is 11.2. The van der Waals surface area contributed by atoms with Crippen molar-refractivity contribution in [2.75, 3.05) is 0 Å². The van der Waals surface area contributed by atoms with Crippen LogP contribution < -0.4 is 0 Å². The number of carbonyl (C=O) groups excluding carboxylic acids is 1. The summed E-state index contributed by atoms with van der Waals surface area (Å²) in [7, 11) is 0. The largest absolute Gasteiger partial charge is 0.294 e. The number of benzene rings is 1. The van der Waals surface area contributed by atoms with Gasteiger partial charge in [-0.2, -0.15) is 0 Å². The van der Waals surface area contributed by atoms with Crippen molar-refractivity contribution in [3.63, 3.8) is 0 Å². The van der Waals surface area contributed by atoms with Crippen LogP contribution in [0.15, 0.2) is 16.6 Å². The summed E-state index contributed by atoms with van der Waals surface area (Å²) in [6, 6.07) is 3.97. The van der Waals surface area contributed by atoms with Crippen LogP contribution in [0, 0.1) is 13.8 Å². The maximum atomic E-state index is 11.2. The fraction of sp³-hybridized carbons (Fsp3) is 0.300. The quantitative estimate of drug-likeness (QED) is 0.673. The molecule has 0 amide bonds. The van der Waals surface area contributed by atoms with Crippen molar-refractivity contribution in [2.45, 2.75) is 20.8 Å². The van der Waals surface area contributed by atoms with Crippen LogP contribution in [0.1, 0.15) is 28.4 Å². The summed E-state index contributed by atoms with van der Waals surface area (Å²) in [6.07, 6.45) is 0. The molecule has 0 fully saturated rings. The molecule has 1 aromatic rings. The Bertz CT molecular complexity index is 329. The number of Topliss-reactive ketones (excluding diaryl/α,β-unsaturated/α-hetero) is 1. The standard InChI is InChI=1S/C10H11BrO/c1-6-4-5-7(2)10(11)9(6)8(3)12/h4-5H,1-3H3. The summed E-state index contributed by atoms with van der Waals surface area (Å²) >= 11 is 3.41. The molecule has 0 heterocycles. The molecule has 1 rings (SSSR count). The lowest BCUT2D eigenvalue weighted by Crippen LogP contribution is -1.98. The Kier molecular flexibility index (Phi) is 2.68. The lowest BCUT2D eigenvalue weighted by molar-refractivity contribution is 0.101. The topological polar surface area (TPSA) is 17.1 Å². The van der Waals surface area contributed by atoms with E-state index in [0.29, 0.717) is 0 Å². The highest BCUT2D eigenvalue weighted by atomic mass is 79.9. The average Bonchev–Trinajstić information content (AvgIpc) is 1.97. The predicted molar refractivity (Wildman–Crippen MR) is 53.6 cm³/mol. The molecule has 0 radical (unpaired) electrons. The van der Waals surface area contributed by atoms with Crippen molar-refractivity contribution in [2.24, 2.45) is 0 Å². The fourth-order valence-corrected chi connectivity index (χ4v) is 1.93. The van der Waals surface area contributed by atoms with Crippen LogP contribution in [-0.4, -0.2) is 5.78 Å². The molecule has 0 aromatic heterocycles. The van der Waals surface area contributed by atoms with E-state index in [1.54, 1.807) is 6.92 Å². The van der Waals surface area contributed by atoms with Gasteiger partial charge in [-0.15, -0.1) is 0 Å². The van der Waals surface area contributed by atoms with E-state index in [1.807, 2.05) is 26.0 Å². The van der Waals surface area contributed by atoms with E-state index in [2.05, 4.69) is 15.9 Å². The Morgan fingerprint density at radius 1 is 1.25 bits per heavy atom. The fourth-order valence-electron chi connectivity index (χ4n) is 1.21. The van der Waals surface area contributed by atoms with Gasteiger partial charge in [0.05, 0.1) is 0 Å². The molecular formula is C10H11BrO. The molecule has 64 valence electrons. The van der Waals surface area contributed by atoms with Gasteiger partial charge >= 0.3 is 0 Å². The third kappa shape index (κ3) is 1.58. The van der Waals surface area contributed by atoms with Crippen LogP contribution in [0.3, 0.4) is 0 Å². The van der Waals surface area contributed by atoms with Crippen molar-refractivity contribution in [3.05, 3.63) is 33.3 Å². The minimum atomic E-state index is 0.114. The second kappa shape index (κ2) is 3.40. The first-order valence-electron chi connectivity index (χ1n) is 3.80. The van der Waals surface area contributed by atoms with Gasteiger partial charge in [-0.25, -0.2) is 0 Å². The SMILES string of the molecule is CC(=O)c1c(C)ccc(C)c1Br. The second-order valence-corrected chi connectivity index (χ2v) is 3.74. The van der Waals surface area contributed by atoms with Crippen LogP contribution in [0.4, 0.5) is 0 Å². The number of aryl methyl sites for hydroxylation is 2. The minimum absolute atomic E-state index is 0.114. The van der Waals surface area contributed by atoms with Gasteiger partial charge in [0, 0.05) is 10.0 Å². The lowest BCUT2D eigenvalue weighted by atomic mass is 10.0. The predicted octanol–water partition coefficient (Wildman–Crippen LogP) is 3.27. The molecule has 1 aromatic carbocycles. The van der Waals surface area contributed by atoms with Gasteiger partial charge in [0.15, 0.2) is 5.78 Å². The third-order valence-electron chi connectivity index (χ3n) is 1.90. The number of ketones is 1. The molecule has 0 saturated heterocycles. The number of carbonyl (C=O) groups is 1. The summed E-state index contributed by atoms with van der Waals surface area (Å²) in [6.45, 7) is 5.52. The number of hydrogen-bond donors (Lipinski definition) is 0. The Morgan fingerprint density at radius 3 is 2.17 bits per heavy atom. The van der Waals surface area contributed by atoms with Gasteiger partial charge in [-0.3, -0.25) is 4.79 Å². The first kappa shape index (κ1) is 9.46. The molecule has 0 spiro atoms. The number of halogens is 1. The summed E-state index contributed by atoms with van der Waals surface area (Å²) in [5.41, 5.74) is 2.93. The molecule has 0 aliphatic rings. The Morgan fingerprint density at radius 2 is 1.75 bits per heavy atom. The second-order valence-electron chi connectivity index (χ2n) is 2.94. The summed E-state index contributed by atoms with van der Waals surface area (Å²) < 4.78 is 0.926. The molecule has 0 aliphatic carbocycles. The Balaban J connectivity index is 3.43. The molecule has 0 aliphatic heterocycles. The highest BCUT2D eigenvalue weighted by Crippen LogP contribution is 2.24. The van der Waals surface area contributed by atoms with E-state index in [9.17, 15) is 4.79 Å². The first-order valence-corrected chi connectivity index (χ1v) is 4.60. The van der Waals surface area contributed by atoms with E-state index in [4.69, 9.17) is 0 Å². The molecule has 0 saturated carbocycles. The van der Waals surface area contributed by atoms with E-state index in [0.717, 1.165) is 21.2 Å². The third-order valence-corrected chi connectivity index (χ3v) is 2.92. The molecular weight excluding hydrogens is 216 g/mol. The zero-order valence-electron chi connectivity index (χ0n) is 7.44.